The molecule has 0 fully saturated rings. The Morgan fingerprint density at radius 3 is 2.63 bits per heavy atom. The predicted molar refractivity (Wildman–Crippen MR) is 105 cm³/mol. The van der Waals surface area contributed by atoms with Crippen LogP contribution >= 0.6 is 0 Å². The summed E-state index contributed by atoms with van der Waals surface area (Å²) < 4.78 is 10.9. The molecule has 0 spiro atoms. The maximum Gasteiger partial charge on any atom is 0.226 e. The van der Waals surface area contributed by atoms with E-state index in [1.165, 1.54) is 0 Å². The molecule has 2 aromatic carbocycles. The van der Waals surface area contributed by atoms with Crippen molar-refractivity contribution in [3.8, 4) is 17.2 Å². The minimum atomic E-state index is -0.0595. The van der Waals surface area contributed by atoms with Gasteiger partial charge in [0.25, 0.3) is 0 Å². The molecule has 3 aromatic rings. The highest BCUT2D eigenvalue weighted by Gasteiger charge is 2.14. The fourth-order valence-corrected chi connectivity index (χ4v) is 2.85. The van der Waals surface area contributed by atoms with Gasteiger partial charge in [-0.25, -0.2) is 4.98 Å². The van der Waals surface area contributed by atoms with E-state index in [0.29, 0.717) is 23.9 Å². The van der Waals surface area contributed by atoms with Crippen LogP contribution in [0.4, 0.5) is 0 Å². The van der Waals surface area contributed by atoms with Gasteiger partial charge >= 0.3 is 0 Å². The lowest BCUT2D eigenvalue weighted by molar-refractivity contribution is -0.120. The molecule has 27 heavy (non-hydrogen) atoms. The second-order valence-corrected chi connectivity index (χ2v) is 6.52. The number of ether oxygens (including phenoxy) is 1. The largest absolute Gasteiger partial charge is 0.497 e. The summed E-state index contributed by atoms with van der Waals surface area (Å²) in [4.78, 5) is 16.7. The minimum absolute atomic E-state index is 0.0595. The van der Waals surface area contributed by atoms with E-state index in [1.54, 1.807) is 7.11 Å². The number of benzene rings is 2. The standard InChI is InChI=1S/C22H24N2O3/c1-15-5-4-6-18(13-15)22-24-20(16(2)27-22)14-21(25)23-12-11-17-7-9-19(26-3)10-8-17/h4-10,13H,11-12,14H2,1-3H3,(H,23,25). The molecule has 1 amide bonds. The first-order valence-electron chi connectivity index (χ1n) is 8.98. The second-order valence-electron chi connectivity index (χ2n) is 6.52. The van der Waals surface area contributed by atoms with Crippen LogP contribution in [0.5, 0.6) is 5.75 Å². The van der Waals surface area contributed by atoms with Crippen LogP contribution < -0.4 is 10.1 Å². The molecular weight excluding hydrogens is 340 g/mol. The summed E-state index contributed by atoms with van der Waals surface area (Å²) in [5, 5.41) is 2.94. The highest BCUT2D eigenvalue weighted by atomic mass is 16.5. The Labute approximate surface area is 159 Å². The van der Waals surface area contributed by atoms with Crippen molar-refractivity contribution in [2.45, 2.75) is 26.7 Å². The molecule has 0 saturated carbocycles. The van der Waals surface area contributed by atoms with E-state index in [9.17, 15) is 4.79 Å². The van der Waals surface area contributed by atoms with Crippen molar-refractivity contribution in [2.75, 3.05) is 13.7 Å². The zero-order valence-corrected chi connectivity index (χ0v) is 15.9. The van der Waals surface area contributed by atoms with Gasteiger partial charge in [-0.3, -0.25) is 4.79 Å². The summed E-state index contributed by atoms with van der Waals surface area (Å²) in [6, 6.07) is 15.8. The third-order valence-corrected chi connectivity index (χ3v) is 4.38. The van der Waals surface area contributed by atoms with Gasteiger partial charge in [0.15, 0.2) is 0 Å². The van der Waals surface area contributed by atoms with Gasteiger partial charge in [-0.1, -0.05) is 29.8 Å². The number of amides is 1. The molecule has 5 heteroatoms. The van der Waals surface area contributed by atoms with Gasteiger partial charge in [-0.2, -0.15) is 0 Å². The number of hydrogen-bond donors (Lipinski definition) is 1. The first-order valence-corrected chi connectivity index (χ1v) is 8.98. The number of nitrogens with zero attached hydrogens (tertiary/aromatic N) is 1. The Morgan fingerprint density at radius 2 is 1.93 bits per heavy atom. The Balaban J connectivity index is 1.54. The third-order valence-electron chi connectivity index (χ3n) is 4.38. The lowest BCUT2D eigenvalue weighted by atomic mass is 10.1. The number of aromatic nitrogens is 1. The van der Waals surface area contributed by atoms with Crippen LogP contribution in [0, 0.1) is 13.8 Å². The number of aryl methyl sites for hydroxylation is 2. The molecule has 3 rings (SSSR count). The van der Waals surface area contributed by atoms with E-state index < -0.39 is 0 Å². The highest BCUT2D eigenvalue weighted by molar-refractivity contribution is 5.78. The molecule has 1 aromatic heterocycles. The number of methoxy groups -OCH3 is 1. The third kappa shape index (κ3) is 4.97. The predicted octanol–water partition coefficient (Wildman–Crippen LogP) is 3.87. The first-order chi connectivity index (χ1) is 13.0. The van der Waals surface area contributed by atoms with Crippen LogP contribution in [0.2, 0.25) is 0 Å². The molecule has 1 N–H and O–H groups in total. The number of hydrogen-bond acceptors (Lipinski definition) is 4. The molecular formula is C22H24N2O3. The van der Waals surface area contributed by atoms with Crippen LogP contribution in [0.1, 0.15) is 22.6 Å². The summed E-state index contributed by atoms with van der Waals surface area (Å²) in [7, 11) is 1.64. The first kappa shape index (κ1) is 18.7. The van der Waals surface area contributed by atoms with E-state index in [1.807, 2.05) is 62.4 Å². The molecule has 0 bridgehead atoms. The number of nitrogens with one attached hydrogen (secondary N) is 1. The Bertz CT molecular complexity index is 914. The monoisotopic (exact) mass is 364 g/mol. The van der Waals surface area contributed by atoms with Gasteiger partial charge in [0.05, 0.1) is 19.2 Å². The van der Waals surface area contributed by atoms with Crippen LogP contribution in [0.25, 0.3) is 11.5 Å². The minimum Gasteiger partial charge on any atom is -0.497 e. The van der Waals surface area contributed by atoms with Crippen LogP contribution in [-0.4, -0.2) is 24.5 Å². The SMILES string of the molecule is COc1ccc(CCNC(=O)Cc2nc(-c3cccc(C)c3)oc2C)cc1. The number of oxazole rings is 1. The zero-order valence-electron chi connectivity index (χ0n) is 15.9. The van der Waals surface area contributed by atoms with Gasteiger partial charge in [-0.15, -0.1) is 0 Å². The van der Waals surface area contributed by atoms with Crippen molar-refractivity contribution in [3.63, 3.8) is 0 Å². The fraction of sp³-hybridized carbons (Fsp3) is 0.273. The van der Waals surface area contributed by atoms with Gasteiger partial charge in [0.2, 0.25) is 11.8 Å². The Hall–Kier alpha value is -3.08. The van der Waals surface area contributed by atoms with Crippen LogP contribution in [0.15, 0.2) is 52.9 Å². The molecule has 0 aliphatic rings. The maximum absolute atomic E-state index is 12.2. The lowest BCUT2D eigenvalue weighted by Crippen LogP contribution is -2.27. The number of carbonyl (C=O) groups is 1. The van der Waals surface area contributed by atoms with Gasteiger partial charge in [-0.05, 0) is 50.1 Å². The van der Waals surface area contributed by atoms with E-state index in [2.05, 4.69) is 10.3 Å². The fourth-order valence-electron chi connectivity index (χ4n) is 2.85. The van der Waals surface area contributed by atoms with E-state index in [4.69, 9.17) is 9.15 Å². The molecule has 0 saturated heterocycles. The Kier molecular flexibility index (Phi) is 5.91. The molecule has 0 atom stereocenters. The molecule has 1 heterocycles. The molecule has 0 aliphatic carbocycles. The smallest absolute Gasteiger partial charge is 0.226 e. The van der Waals surface area contributed by atoms with Crippen molar-refractivity contribution >= 4 is 5.91 Å². The number of rotatable bonds is 7. The topological polar surface area (TPSA) is 64.4 Å². The zero-order chi connectivity index (χ0) is 19.2. The number of carbonyl (C=O) groups excluding carboxylic acids is 1. The van der Waals surface area contributed by atoms with Gasteiger partial charge in [0.1, 0.15) is 11.5 Å². The summed E-state index contributed by atoms with van der Waals surface area (Å²) in [5.41, 5.74) is 3.88. The summed E-state index contributed by atoms with van der Waals surface area (Å²) in [6.45, 7) is 4.44. The van der Waals surface area contributed by atoms with Crippen molar-refractivity contribution in [2.24, 2.45) is 0 Å². The highest BCUT2D eigenvalue weighted by Crippen LogP contribution is 2.22. The van der Waals surface area contributed by atoms with Crippen molar-refractivity contribution in [1.82, 2.24) is 10.3 Å². The quantitative estimate of drug-likeness (QED) is 0.691. The second kappa shape index (κ2) is 8.54. The van der Waals surface area contributed by atoms with Crippen molar-refractivity contribution in [1.29, 1.82) is 0 Å². The molecule has 0 unspecified atom stereocenters. The van der Waals surface area contributed by atoms with Crippen LogP contribution in [-0.2, 0) is 17.6 Å². The van der Waals surface area contributed by atoms with E-state index in [-0.39, 0.29) is 12.3 Å². The normalized spacial score (nSPS) is 10.6. The van der Waals surface area contributed by atoms with Crippen molar-refractivity contribution in [3.05, 3.63) is 71.1 Å². The van der Waals surface area contributed by atoms with Gasteiger partial charge < -0.3 is 14.5 Å². The Morgan fingerprint density at radius 1 is 1.15 bits per heavy atom. The van der Waals surface area contributed by atoms with Crippen LogP contribution in [0.3, 0.4) is 0 Å². The maximum atomic E-state index is 12.2. The summed E-state index contributed by atoms with van der Waals surface area (Å²) >= 11 is 0. The molecule has 0 aliphatic heterocycles. The van der Waals surface area contributed by atoms with Gasteiger partial charge in [0, 0.05) is 12.1 Å². The molecule has 140 valence electrons. The van der Waals surface area contributed by atoms with E-state index in [0.717, 1.165) is 28.9 Å². The molecule has 0 radical (unpaired) electrons. The summed E-state index contributed by atoms with van der Waals surface area (Å²) in [5.74, 6) is 2.00. The average Bonchev–Trinajstić information content (AvgIpc) is 3.03. The van der Waals surface area contributed by atoms with E-state index >= 15 is 0 Å². The van der Waals surface area contributed by atoms with Crippen molar-refractivity contribution < 1.29 is 13.9 Å². The average molecular weight is 364 g/mol. The summed E-state index contributed by atoms with van der Waals surface area (Å²) in [6.07, 6.45) is 0.978. The molecule has 5 nitrogen and oxygen atoms in total. The lowest BCUT2D eigenvalue weighted by Gasteiger charge is -2.05.